The Balaban J connectivity index is 1.33. The average Bonchev–Trinajstić information content (AvgIpc) is 3.45. The summed E-state index contributed by atoms with van der Waals surface area (Å²) in [7, 11) is 0. The molecule has 7 aromatic carbocycles. The van der Waals surface area contributed by atoms with Gasteiger partial charge in [-0.15, -0.1) is 11.3 Å². The van der Waals surface area contributed by atoms with Gasteiger partial charge in [-0.2, -0.15) is 0 Å². The topological polar surface area (TPSA) is 3.24 Å². The molecule has 0 N–H and O–H groups in total. The number of hydrogen-bond acceptors (Lipinski definition) is 2. The molecule has 0 bridgehead atoms. The van der Waals surface area contributed by atoms with Crippen LogP contribution >= 0.6 is 27.3 Å². The summed E-state index contributed by atoms with van der Waals surface area (Å²) < 4.78 is 3.70. The molecule has 0 atom stereocenters. The lowest BCUT2D eigenvalue weighted by molar-refractivity contribution is 1.30. The summed E-state index contributed by atoms with van der Waals surface area (Å²) in [5.41, 5.74) is 8.25. The number of hydrogen-bond donors (Lipinski definition) is 0. The van der Waals surface area contributed by atoms with Crippen LogP contribution in [-0.4, -0.2) is 0 Å². The standard InChI is InChI=1S/C40H26BrNS/c41-31-20-14-28(15-21-31)30-18-24-33(25-19-30)42(32-22-16-29(17-23-32)27-8-2-1-3-9-27)37-26-39-40(35-11-5-4-10-34(35)37)36-12-6-7-13-38(36)43-39/h1-26H. The first-order valence-corrected chi connectivity index (χ1v) is 16.0. The molecule has 1 aromatic heterocycles. The molecule has 0 saturated carbocycles. The van der Waals surface area contributed by atoms with Gasteiger partial charge in [0.25, 0.3) is 0 Å². The van der Waals surface area contributed by atoms with Gasteiger partial charge in [0, 0.05) is 41.4 Å². The fraction of sp³-hybridized carbons (Fsp3) is 0. The summed E-state index contributed by atoms with van der Waals surface area (Å²) in [5, 5.41) is 5.18. The van der Waals surface area contributed by atoms with Crippen molar-refractivity contribution in [3.8, 4) is 22.3 Å². The monoisotopic (exact) mass is 631 g/mol. The molecule has 0 spiro atoms. The first kappa shape index (κ1) is 26.0. The van der Waals surface area contributed by atoms with E-state index < -0.39 is 0 Å². The number of rotatable bonds is 5. The second-order valence-corrected chi connectivity index (χ2v) is 12.7. The van der Waals surface area contributed by atoms with E-state index in [9.17, 15) is 0 Å². The second kappa shape index (κ2) is 10.9. The van der Waals surface area contributed by atoms with Gasteiger partial charge in [0.15, 0.2) is 0 Å². The summed E-state index contributed by atoms with van der Waals surface area (Å²) in [6.07, 6.45) is 0. The molecule has 0 saturated heterocycles. The van der Waals surface area contributed by atoms with E-state index >= 15 is 0 Å². The third-order valence-corrected chi connectivity index (χ3v) is 9.79. The number of thiophene rings is 1. The van der Waals surface area contributed by atoms with Gasteiger partial charge < -0.3 is 4.90 Å². The molecule has 43 heavy (non-hydrogen) atoms. The van der Waals surface area contributed by atoms with E-state index in [-0.39, 0.29) is 0 Å². The number of halogens is 1. The highest BCUT2D eigenvalue weighted by atomic mass is 79.9. The van der Waals surface area contributed by atoms with Crippen LogP contribution < -0.4 is 4.90 Å². The summed E-state index contributed by atoms with van der Waals surface area (Å²) in [5.74, 6) is 0. The predicted octanol–water partition coefficient (Wildman–Crippen LogP) is 12.8. The average molecular weight is 633 g/mol. The summed E-state index contributed by atoms with van der Waals surface area (Å²) >= 11 is 5.43. The van der Waals surface area contributed by atoms with Crippen molar-refractivity contribution in [2.24, 2.45) is 0 Å². The highest BCUT2D eigenvalue weighted by molar-refractivity contribution is 9.10. The molecule has 0 aliphatic carbocycles. The minimum absolute atomic E-state index is 1.08. The Bertz CT molecular complexity index is 2220. The highest BCUT2D eigenvalue weighted by Crippen LogP contribution is 2.46. The normalized spacial score (nSPS) is 11.4. The van der Waals surface area contributed by atoms with Crippen molar-refractivity contribution in [1.82, 2.24) is 0 Å². The minimum Gasteiger partial charge on any atom is -0.310 e. The molecule has 0 aliphatic heterocycles. The van der Waals surface area contributed by atoms with E-state index in [1.807, 2.05) is 11.3 Å². The Hall–Kier alpha value is -4.70. The molecule has 8 aromatic rings. The molecular weight excluding hydrogens is 606 g/mol. The number of nitrogens with zero attached hydrogens (tertiary/aromatic N) is 1. The first-order valence-electron chi connectivity index (χ1n) is 14.4. The summed E-state index contributed by atoms with van der Waals surface area (Å²) in [4.78, 5) is 2.41. The van der Waals surface area contributed by atoms with Gasteiger partial charge in [-0.3, -0.25) is 0 Å². The molecule has 1 nitrogen and oxygen atoms in total. The van der Waals surface area contributed by atoms with Crippen LogP contribution in [0.2, 0.25) is 0 Å². The van der Waals surface area contributed by atoms with Crippen molar-refractivity contribution in [3.63, 3.8) is 0 Å². The van der Waals surface area contributed by atoms with Gasteiger partial charge >= 0.3 is 0 Å². The third kappa shape index (κ3) is 4.71. The fourth-order valence-electron chi connectivity index (χ4n) is 6.06. The van der Waals surface area contributed by atoms with Crippen molar-refractivity contribution < 1.29 is 0 Å². The largest absolute Gasteiger partial charge is 0.310 e. The van der Waals surface area contributed by atoms with E-state index in [0.717, 1.165) is 15.8 Å². The van der Waals surface area contributed by atoms with Crippen molar-refractivity contribution >= 4 is 75.3 Å². The molecule has 8 rings (SSSR count). The Kier molecular flexibility index (Phi) is 6.55. The van der Waals surface area contributed by atoms with Crippen LogP contribution in [0.25, 0.3) is 53.2 Å². The maximum atomic E-state index is 3.56. The van der Waals surface area contributed by atoms with Crippen LogP contribution in [0.1, 0.15) is 0 Å². The Labute approximate surface area is 263 Å². The van der Waals surface area contributed by atoms with E-state index in [1.54, 1.807) is 0 Å². The fourth-order valence-corrected chi connectivity index (χ4v) is 7.48. The number of anilines is 3. The van der Waals surface area contributed by atoms with Crippen molar-refractivity contribution in [2.75, 3.05) is 4.90 Å². The molecule has 3 heteroatoms. The van der Waals surface area contributed by atoms with Gasteiger partial charge in [0.1, 0.15) is 0 Å². The first-order chi connectivity index (χ1) is 21.2. The van der Waals surface area contributed by atoms with Crippen molar-refractivity contribution in [1.29, 1.82) is 0 Å². The lowest BCUT2D eigenvalue weighted by atomic mass is 10.00. The summed E-state index contributed by atoms with van der Waals surface area (Å²) in [6.45, 7) is 0. The second-order valence-electron chi connectivity index (χ2n) is 10.7. The maximum absolute atomic E-state index is 3.56. The van der Waals surface area contributed by atoms with E-state index in [1.165, 1.54) is 58.9 Å². The van der Waals surface area contributed by atoms with Crippen LogP contribution in [0.3, 0.4) is 0 Å². The van der Waals surface area contributed by atoms with Crippen LogP contribution in [0.15, 0.2) is 162 Å². The summed E-state index contributed by atoms with van der Waals surface area (Å²) in [6, 6.07) is 56.9. The molecule has 0 aliphatic rings. The van der Waals surface area contributed by atoms with E-state index in [2.05, 4.69) is 179 Å². The molecule has 1 heterocycles. The van der Waals surface area contributed by atoms with Gasteiger partial charge in [-0.25, -0.2) is 0 Å². The van der Waals surface area contributed by atoms with E-state index in [4.69, 9.17) is 0 Å². The van der Waals surface area contributed by atoms with Crippen molar-refractivity contribution in [2.45, 2.75) is 0 Å². The molecule has 204 valence electrons. The maximum Gasteiger partial charge on any atom is 0.0554 e. The number of benzene rings is 7. The molecule has 0 amide bonds. The van der Waals surface area contributed by atoms with Crippen LogP contribution in [0.4, 0.5) is 17.1 Å². The van der Waals surface area contributed by atoms with Gasteiger partial charge in [0.2, 0.25) is 0 Å². The van der Waals surface area contributed by atoms with Gasteiger partial charge in [-0.1, -0.05) is 125 Å². The zero-order chi connectivity index (χ0) is 28.8. The van der Waals surface area contributed by atoms with Crippen LogP contribution in [-0.2, 0) is 0 Å². The minimum atomic E-state index is 1.08. The Morgan fingerprint density at radius 1 is 0.419 bits per heavy atom. The predicted molar refractivity (Wildman–Crippen MR) is 190 cm³/mol. The quantitative estimate of drug-likeness (QED) is 0.182. The Morgan fingerprint density at radius 2 is 0.907 bits per heavy atom. The third-order valence-electron chi connectivity index (χ3n) is 8.14. The van der Waals surface area contributed by atoms with E-state index in [0.29, 0.717) is 0 Å². The molecule has 0 radical (unpaired) electrons. The highest BCUT2D eigenvalue weighted by Gasteiger charge is 2.19. The zero-order valence-corrected chi connectivity index (χ0v) is 25.6. The smallest absolute Gasteiger partial charge is 0.0554 e. The van der Waals surface area contributed by atoms with Crippen molar-refractivity contribution in [3.05, 3.63) is 162 Å². The number of fused-ring (bicyclic) bond motifs is 5. The zero-order valence-electron chi connectivity index (χ0n) is 23.2. The van der Waals surface area contributed by atoms with Gasteiger partial charge in [0.05, 0.1) is 5.69 Å². The van der Waals surface area contributed by atoms with Crippen LogP contribution in [0.5, 0.6) is 0 Å². The molecule has 0 unspecified atom stereocenters. The molecular formula is C40H26BrNS. The Morgan fingerprint density at radius 3 is 1.53 bits per heavy atom. The SMILES string of the molecule is Brc1ccc(-c2ccc(N(c3ccc(-c4ccccc4)cc3)c3cc4sc5ccccc5c4c4ccccc34)cc2)cc1. The lowest BCUT2D eigenvalue weighted by Gasteiger charge is -2.27. The molecule has 0 fully saturated rings. The lowest BCUT2D eigenvalue weighted by Crippen LogP contribution is -2.10. The van der Waals surface area contributed by atoms with Crippen LogP contribution in [0, 0.1) is 0 Å². The van der Waals surface area contributed by atoms with Gasteiger partial charge in [-0.05, 0) is 76.2 Å².